The van der Waals surface area contributed by atoms with Crippen molar-refractivity contribution in [2.24, 2.45) is 0 Å². The third-order valence-corrected chi connectivity index (χ3v) is 6.08. The van der Waals surface area contributed by atoms with Crippen LogP contribution in [0, 0.1) is 3.57 Å². The number of urea groups is 1. The largest absolute Gasteiger partial charge is 0.323 e. The van der Waals surface area contributed by atoms with Crippen molar-refractivity contribution in [1.29, 1.82) is 0 Å². The van der Waals surface area contributed by atoms with Crippen molar-refractivity contribution in [3.63, 3.8) is 0 Å². The number of rotatable bonds is 4. The molecule has 0 aliphatic rings. The number of anilines is 2. The number of carbonyl (C=O) groups excluding carboxylic acids is 1. The van der Waals surface area contributed by atoms with Gasteiger partial charge < -0.3 is 10.6 Å². The van der Waals surface area contributed by atoms with Gasteiger partial charge in [0, 0.05) is 20.4 Å². The normalized spacial score (nSPS) is 10.7. The zero-order chi connectivity index (χ0) is 22.6. The van der Waals surface area contributed by atoms with Gasteiger partial charge in [0.25, 0.3) is 0 Å². The van der Waals surface area contributed by atoms with E-state index in [4.69, 9.17) is 9.97 Å². The summed E-state index contributed by atoms with van der Waals surface area (Å²) < 4.78 is 0.968. The molecule has 4 aromatic carbocycles. The van der Waals surface area contributed by atoms with Gasteiger partial charge >= 0.3 is 6.03 Å². The Hall–Kier alpha value is -3.78. The lowest BCUT2D eigenvalue weighted by Gasteiger charge is -2.12. The van der Waals surface area contributed by atoms with Crippen LogP contribution in [0.1, 0.15) is 0 Å². The van der Waals surface area contributed by atoms with E-state index < -0.39 is 0 Å². The van der Waals surface area contributed by atoms with E-state index in [1.165, 1.54) is 0 Å². The molecule has 0 saturated carbocycles. The van der Waals surface area contributed by atoms with Crippen LogP contribution in [-0.2, 0) is 0 Å². The predicted molar refractivity (Wildman–Crippen MR) is 142 cm³/mol. The second-order valence-electron chi connectivity index (χ2n) is 7.42. The van der Waals surface area contributed by atoms with Gasteiger partial charge in [0.1, 0.15) is 0 Å². The summed E-state index contributed by atoms with van der Waals surface area (Å²) in [4.78, 5) is 22.4. The van der Waals surface area contributed by atoms with E-state index in [-0.39, 0.29) is 6.03 Å². The Morgan fingerprint density at radius 3 is 1.85 bits per heavy atom. The maximum absolute atomic E-state index is 12.5. The molecule has 0 unspecified atom stereocenters. The molecule has 0 aliphatic heterocycles. The van der Waals surface area contributed by atoms with Crippen molar-refractivity contribution in [3.05, 3.63) is 107 Å². The van der Waals surface area contributed by atoms with Crippen LogP contribution in [0.5, 0.6) is 0 Å². The lowest BCUT2D eigenvalue weighted by atomic mass is 10.0. The fourth-order valence-corrected chi connectivity index (χ4v) is 4.10. The molecule has 5 rings (SSSR count). The summed E-state index contributed by atoms with van der Waals surface area (Å²) in [6.07, 6.45) is 0. The summed E-state index contributed by atoms with van der Waals surface area (Å²) in [5.74, 6) is 0. The van der Waals surface area contributed by atoms with Crippen LogP contribution in [-0.4, -0.2) is 16.0 Å². The van der Waals surface area contributed by atoms with Crippen molar-refractivity contribution in [3.8, 4) is 22.5 Å². The number of hydrogen-bond acceptors (Lipinski definition) is 3. The van der Waals surface area contributed by atoms with Crippen molar-refractivity contribution < 1.29 is 4.79 Å². The molecule has 0 aliphatic carbocycles. The molecule has 0 spiro atoms. The lowest BCUT2D eigenvalue weighted by molar-refractivity contribution is 0.262. The topological polar surface area (TPSA) is 66.9 Å². The minimum Gasteiger partial charge on any atom is -0.308 e. The van der Waals surface area contributed by atoms with Gasteiger partial charge in [0.15, 0.2) is 0 Å². The Balaban J connectivity index is 1.51. The highest BCUT2D eigenvalue weighted by Crippen LogP contribution is 2.31. The van der Waals surface area contributed by atoms with Crippen LogP contribution in [0.4, 0.5) is 16.2 Å². The number of amides is 2. The number of nitrogens with one attached hydrogen (secondary N) is 2. The molecule has 1 heterocycles. The molecular weight excluding hydrogens is 523 g/mol. The van der Waals surface area contributed by atoms with Crippen LogP contribution in [0.3, 0.4) is 0 Å². The Kier molecular flexibility index (Phi) is 5.99. The summed E-state index contributed by atoms with van der Waals surface area (Å²) in [5.41, 5.74) is 6.49. The van der Waals surface area contributed by atoms with Crippen LogP contribution in [0.2, 0.25) is 0 Å². The standard InChI is InChI=1S/C27H19IN4O/c28-21-13-7-8-14-22(21)32-27(33)29-20-15-16-23-24(17-20)31-26(19-11-5-2-6-12-19)25(30-23)18-9-3-1-4-10-18/h1-17H,(H2,29,32,33). The molecule has 1 aromatic heterocycles. The first-order chi connectivity index (χ1) is 16.2. The summed E-state index contributed by atoms with van der Waals surface area (Å²) in [6.45, 7) is 0. The van der Waals surface area contributed by atoms with Crippen molar-refractivity contribution in [1.82, 2.24) is 9.97 Å². The summed E-state index contributed by atoms with van der Waals surface area (Å²) in [5, 5.41) is 5.78. The number of aromatic nitrogens is 2. The Morgan fingerprint density at radius 2 is 1.21 bits per heavy atom. The van der Waals surface area contributed by atoms with Gasteiger partial charge in [0.2, 0.25) is 0 Å². The first-order valence-electron chi connectivity index (χ1n) is 10.4. The third-order valence-electron chi connectivity index (χ3n) is 5.14. The van der Waals surface area contributed by atoms with Crippen molar-refractivity contribution >= 4 is 51.0 Å². The molecule has 5 aromatic rings. The number of halogens is 1. The molecule has 0 radical (unpaired) electrons. The number of fused-ring (bicyclic) bond motifs is 1. The highest BCUT2D eigenvalue weighted by Gasteiger charge is 2.14. The van der Waals surface area contributed by atoms with E-state index in [0.717, 1.165) is 37.3 Å². The van der Waals surface area contributed by atoms with Gasteiger partial charge in [-0.3, -0.25) is 0 Å². The van der Waals surface area contributed by atoms with Gasteiger partial charge in [-0.15, -0.1) is 0 Å². The first-order valence-corrected chi connectivity index (χ1v) is 11.5. The van der Waals surface area contributed by atoms with Crippen molar-refractivity contribution in [2.45, 2.75) is 0 Å². The second kappa shape index (κ2) is 9.38. The molecule has 33 heavy (non-hydrogen) atoms. The van der Waals surface area contributed by atoms with Crippen LogP contribution in [0.15, 0.2) is 103 Å². The molecule has 0 atom stereocenters. The minimum absolute atomic E-state index is 0.310. The van der Waals surface area contributed by atoms with E-state index in [1.807, 2.05) is 103 Å². The quantitative estimate of drug-likeness (QED) is 0.236. The first kappa shape index (κ1) is 21.1. The zero-order valence-corrected chi connectivity index (χ0v) is 19.7. The fraction of sp³-hybridized carbons (Fsp3) is 0. The molecule has 6 heteroatoms. The molecule has 0 fully saturated rings. The third kappa shape index (κ3) is 4.70. The maximum Gasteiger partial charge on any atom is 0.323 e. The average molecular weight is 542 g/mol. The summed E-state index contributed by atoms with van der Waals surface area (Å²) in [6, 6.07) is 32.9. The molecule has 160 valence electrons. The second-order valence-corrected chi connectivity index (χ2v) is 8.58. The van der Waals surface area contributed by atoms with Crippen LogP contribution < -0.4 is 10.6 Å². The predicted octanol–water partition coefficient (Wildman–Crippen LogP) is 7.21. The highest BCUT2D eigenvalue weighted by atomic mass is 127. The molecule has 2 N–H and O–H groups in total. The van der Waals surface area contributed by atoms with E-state index >= 15 is 0 Å². The van der Waals surface area contributed by atoms with Gasteiger partial charge in [-0.25, -0.2) is 14.8 Å². The minimum atomic E-state index is -0.310. The number of benzene rings is 4. The maximum atomic E-state index is 12.5. The zero-order valence-electron chi connectivity index (χ0n) is 17.5. The van der Waals surface area contributed by atoms with Gasteiger partial charge in [-0.05, 0) is 52.9 Å². The van der Waals surface area contributed by atoms with E-state index in [0.29, 0.717) is 11.2 Å². The van der Waals surface area contributed by atoms with E-state index in [2.05, 4.69) is 33.2 Å². The number of hydrogen-bond donors (Lipinski definition) is 2. The fourth-order valence-electron chi connectivity index (χ4n) is 3.57. The van der Waals surface area contributed by atoms with E-state index in [9.17, 15) is 4.79 Å². The number of nitrogens with zero attached hydrogens (tertiary/aromatic N) is 2. The van der Waals surface area contributed by atoms with Gasteiger partial charge in [0.05, 0.1) is 28.1 Å². The van der Waals surface area contributed by atoms with Crippen molar-refractivity contribution in [2.75, 3.05) is 10.6 Å². The summed E-state index contributed by atoms with van der Waals surface area (Å²) >= 11 is 2.19. The van der Waals surface area contributed by atoms with Crippen LogP contribution in [0.25, 0.3) is 33.5 Å². The molecule has 2 amide bonds. The average Bonchev–Trinajstić information content (AvgIpc) is 2.86. The highest BCUT2D eigenvalue weighted by molar-refractivity contribution is 14.1. The Bertz CT molecular complexity index is 1440. The van der Waals surface area contributed by atoms with Gasteiger partial charge in [-0.1, -0.05) is 72.8 Å². The molecule has 0 saturated heterocycles. The Labute approximate surface area is 205 Å². The number of carbonyl (C=O) groups is 1. The summed E-state index contributed by atoms with van der Waals surface area (Å²) in [7, 11) is 0. The lowest BCUT2D eigenvalue weighted by Crippen LogP contribution is -2.19. The molecule has 5 nitrogen and oxygen atoms in total. The monoisotopic (exact) mass is 542 g/mol. The smallest absolute Gasteiger partial charge is 0.308 e. The molecule has 0 bridgehead atoms. The Morgan fingerprint density at radius 1 is 0.636 bits per heavy atom. The van der Waals surface area contributed by atoms with E-state index in [1.54, 1.807) is 0 Å². The number of para-hydroxylation sites is 1. The molecular formula is C27H19IN4O. The van der Waals surface area contributed by atoms with Gasteiger partial charge in [-0.2, -0.15) is 0 Å². The van der Waals surface area contributed by atoms with Crippen LogP contribution >= 0.6 is 22.6 Å². The SMILES string of the molecule is O=C(Nc1ccc2nc(-c3ccccc3)c(-c3ccccc3)nc2c1)Nc1ccccc1I.